The minimum absolute atomic E-state index is 0.0484. The first-order chi connectivity index (χ1) is 11.4. The van der Waals surface area contributed by atoms with Gasteiger partial charge in [0.25, 0.3) is 0 Å². The van der Waals surface area contributed by atoms with E-state index in [9.17, 15) is 13.2 Å². The molecule has 2 fully saturated rings. The monoisotopic (exact) mass is 352 g/mol. The van der Waals surface area contributed by atoms with Crippen LogP contribution in [0.5, 0.6) is 0 Å². The highest BCUT2D eigenvalue weighted by Crippen LogP contribution is 2.38. The lowest BCUT2D eigenvalue weighted by Gasteiger charge is -2.43. The molecule has 1 amide bonds. The van der Waals surface area contributed by atoms with Gasteiger partial charge < -0.3 is 9.64 Å². The van der Waals surface area contributed by atoms with E-state index in [1.807, 2.05) is 18.7 Å². The standard InChI is InChI=1S/C17H24N2O4S/c1-14(2)16(20)18-10-8-17(9-11-18)19(12-13-23-17)24(21,22)15-6-4-3-5-7-15/h3-7,14H,8-13H2,1-2H3. The Balaban J connectivity index is 1.81. The number of hydrogen-bond acceptors (Lipinski definition) is 4. The summed E-state index contributed by atoms with van der Waals surface area (Å²) in [5.41, 5.74) is -0.817. The van der Waals surface area contributed by atoms with Crippen LogP contribution >= 0.6 is 0 Å². The molecule has 2 aliphatic heterocycles. The van der Waals surface area contributed by atoms with Gasteiger partial charge in [0.2, 0.25) is 15.9 Å². The van der Waals surface area contributed by atoms with Crippen molar-refractivity contribution in [3.63, 3.8) is 0 Å². The average molecular weight is 352 g/mol. The van der Waals surface area contributed by atoms with Gasteiger partial charge in [0.15, 0.2) is 0 Å². The Kier molecular flexibility index (Phi) is 4.68. The number of rotatable bonds is 3. The van der Waals surface area contributed by atoms with E-state index >= 15 is 0 Å². The summed E-state index contributed by atoms with van der Waals surface area (Å²) >= 11 is 0. The van der Waals surface area contributed by atoms with Crippen LogP contribution in [0.2, 0.25) is 0 Å². The molecule has 1 aromatic rings. The van der Waals surface area contributed by atoms with Crippen LogP contribution in [0.25, 0.3) is 0 Å². The predicted molar refractivity (Wildman–Crippen MR) is 89.7 cm³/mol. The summed E-state index contributed by atoms with van der Waals surface area (Å²) in [6.45, 7) is 5.56. The van der Waals surface area contributed by atoms with Gasteiger partial charge in [-0.2, -0.15) is 4.31 Å². The topological polar surface area (TPSA) is 66.9 Å². The highest BCUT2D eigenvalue weighted by Gasteiger charge is 2.50. The van der Waals surface area contributed by atoms with Gasteiger partial charge in [-0.1, -0.05) is 32.0 Å². The van der Waals surface area contributed by atoms with E-state index < -0.39 is 15.7 Å². The Morgan fingerprint density at radius 3 is 2.33 bits per heavy atom. The average Bonchev–Trinajstić information content (AvgIpc) is 2.99. The normalized spacial score (nSPS) is 21.5. The van der Waals surface area contributed by atoms with Crippen LogP contribution in [0.1, 0.15) is 26.7 Å². The fourth-order valence-corrected chi connectivity index (χ4v) is 5.23. The maximum Gasteiger partial charge on any atom is 0.245 e. The van der Waals surface area contributed by atoms with Crippen molar-refractivity contribution in [3.8, 4) is 0 Å². The first-order valence-corrected chi connectivity index (χ1v) is 9.81. The van der Waals surface area contributed by atoms with Gasteiger partial charge in [0.1, 0.15) is 5.72 Å². The highest BCUT2D eigenvalue weighted by molar-refractivity contribution is 7.89. The van der Waals surface area contributed by atoms with Crippen molar-refractivity contribution in [3.05, 3.63) is 30.3 Å². The molecule has 1 aromatic carbocycles. The molecule has 0 saturated carbocycles. The van der Waals surface area contributed by atoms with Gasteiger partial charge in [-0.05, 0) is 12.1 Å². The van der Waals surface area contributed by atoms with E-state index in [4.69, 9.17) is 4.74 Å². The minimum atomic E-state index is -3.60. The Morgan fingerprint density at radius 2 is 1.75 bits per heavy atom. The van der Waals surface area contributed by atoms with E-state index in [0.717, 1.165) is 0 Å². The second-order valence-electron chi connectivity index (χ2n) is 6.66. The zero-order valence-corrected chi connectivity index (χ0v) is 15.0. The third-order valence-electron chi connectivity index (χ3n) is 4.80. The van der Waals surface area contributed by atoms with Crippen LogP contribution in [0.3, 0.4) is 0 Å². The van der Waals surface area contributed by atoms with Crippen molar-refractivity contribution in [2.75, 3.05) is 26.2 Å². The summed E-state index contributed by atoms with van der Waals surface area (Å²) in [7, 11) is -3.60. The SMILES string of the molecule is CC(C)C(=O)N1CCC2(CC1)OCCN2S(=O)(=O)c1ccccc1. The predicted octanol–water partition coefficient (Wildman–Crippen LogP) is 1.68. The largest absolute Gasteiger partial charge is 0.358 e. The van der Waals surface area contributed by atoms with Crippen molar-refractivity contribution in [2.24, 2.45) is 5.92 Å². The molecule has 3 rings (SSSR count). The molecule has 2 heterocycles. The summed E-state index contributed by atoms with van der Waals surface area (Å²) in [5.74, 6) is 0.0630. The summed E-state index contributed by atoms with van der Waals surface area (Å²) < 4.78 is 33.4. The quantitative estimate of drug-likeness (QED) is 0.830. The van der Waals surface area contributed by atoms with E-state index in [-0.39, 0.29) is 16.7 Å². The molecule has 0 N–H and O–H groups in total. The fraction of sp³-hybridized carbons (Fsp3) is 0.588. The van der Waals surface area contributed by atoms with Crippen molar-refractivity contribution >= 4 is 15.9 Å². The third-order valence-corrected chi connectivity index (χ3v) is 6.76. The Hall–Kier alpha value is -1.44. The number of nitrogens with zero attached hydrogens (tertiary/aromatic N) is 2. The Labute approximate surface area is 143 Å². The van der Waals surface area contributed by atoms with E-state index in [2.05, 4.69) is 0 Å². The smallest absolute Gasteiger partial charge is 0.245 e. The molecule has 0 bridgehead atoms. The first kappa shape index (κ1) is 17.4. The van der Waals surface area contributed by atoms with Gasteiger partial charge in [-0.3, -0.25) is 4.79 Å². The zero-order valence-electron chi connectivity index (χ0n) is 14.1. The number of amides is 1. The van der Waals surface area contributed by atoms with Crippen LogP contribution in [0, 0.1) is 5.92 Å². The maximum absolute atomic E-state index is 13.0. The van der Waals surface area contributed by atoms with Crippen molar-refractivity contribution < 1.29 is 17.9 Å². The third kappa shape index (κ3) is 2.96. The molecule has 0 unspecified atom stereocenters. The molecule has 1 spiro atoms. The lowest BCUT2D eigenvalue weighted by molar-refractivity contribution is -0.143. The fourth-order valence-electron chi connectivity index (χ4n) is 3.49. The summed E-state index contributed by atoms with van der Waals surface area (Å²) in [6, 6.07) is 8.46. The van der Waals surface area contributed by atoms with E-state index in [1.165, 1.54) is 4.31 Å². The van der Waals surface area contributed by atoms with Crippen LogP contribution < -0.4 is 0 Å². The van der Waals surface area contributed by atoms with Crippen LogP contribution in [0.15, 0.2) is 35.2 Å². The number of carbonyl (C=O) groups is 1. The second-order valence-corrected chi connectivity index (χ2v) is 8.53. The van der Waals surface area contributed by atoms with Gasteiger partial charge in [-0.15, -0.1) is 0 Å². The Bertz CT molecular complexity index is 695. The van der Waals surface area contributed by atoms with Gasteiger partial charge in [0, 0.05) is 38.4 Å². The van der Waals surface area contributed by atoms with Gasteiger partial charge in [0.05, 0.1) is 11.5 Å². The van der Waals surface area contributed by atoms with Crippen LogP contribution in [-0.2, 0) is 19.6 Å². The molecule has 7 heteroatoms. The van der Waals surface area contributed by atoms with Crippen molar-refractivity contribution in [1.82, 2.24) is 9.21 Å². The lowest BCUT2D eigenvalue weighted by atomic mass is 9.99. The van der Waals surface area contributed by atoms with Crippen LogP contribution in [-0.4, -0.2) is 55.5 Å². The lowest BCUT2D eigenvalue weighted by Crippen LogP contribution is -2.56. The van der Waals surface area contributed by atoms with Gasteiger partial charge >= 0.3 is 0 Å². The molecular weight excluding hydrogens is 328 g/mol. The highest BCUT2D eigenvalue weighted by atomic mass is 32.2. The molecule has 0 aromatic heterocycles. The minimum Gasteiger partial charge on any atom is -0.358 e. The molecule has 2 aliphatic rings. The molecule has 0 aliphatic carbocycles. The summed E-state index contributed by atoms with van der Waals surface area (Å²) in [4.78, 5) is 14.3. The molecule has 2 saturated heterocycles. The number of ether oxygens (including phenoxy) is 1. The van der Waals surface area contributed by atoms with Gasteiger partial charge in [-0.25, -0.2) is 8.42 Å². The maximum atomic E-state index is 13.0. The van der Waals surface area contributed by atoms with Crippen molar-refractivity contribution in [1.29, 1.82) is 0 Å². The number of carbonyl (C=O) groups excluding carboxylic acids is 1. The number of likely N-dealkylation sites (tertiary alicyclic amines) is 1. The summed E-state index contributed by atoms with van der Waals surface area (Å²) in [6.07, 6.45) is 1.02. The van der Waals surface area contributed by atoms with Crippen molar-refractivity contribution in [2.45, 2.75) is 37.3 Å². The molecule has 0 atom stereocenters. The second kappa shape index (κ2) is 6.46. The van der Waals surface area contributed by atoms with E-state index in [1.54, 1.807) is 30.3 Å². The van der Waals surface area contributed by atoms with Crippen LogP contribution in [0.4, 0.5) is 0 Å². The number of piperidine rings is 1. The number of hydrogen-bond donors (Lipinski definition) is 0. The number of sulfonamides is 1. The Morgan fingerprint density at radius 1 is 1.12 bits per heavy atom. The first-order valence-electron chi connectivity index (χ1n) is 8.37. The summed E-state index contributed by atoms with van der Waals surface area (Å²) in [5, 5.41) is 0. The molecule has 24 heavy (non-hydrogen) atoms. The molecule has 6 nitrogen and oxygen atoms in total. The molecule has 132 valence electrons. The molecule has 0 radical (unpaired) electrons. The number of benzene rings is 1. The zero-order chi connectivity index (χ0) is 17.4. The molecular formula is C17H24N2O4S. The van der Waals surface area contributed by atoms with E-state index in [0.29, 0.717) is 39.1 Å².